The van der Waals surface area contributed by atoms with Crippen molar-refractivity contribution in [1.82, 2.24) is 29.6 Å². The van der Waals surface area contributed by atoms with Crippen LogP contribution in [0, 0.1) is 5.41 Å². The molecule has 6 amide bonds. The summed E-state index contributed by atoms with van der Waals surface area (Å²) in [7, 11) is -11.1. The van der Waals surface area contributed by atoms with Gasteiger partial charge in [0, 0.05) is 123 Å². The van der Waals surface area contributed by atoms with Crippen molar-refractivity contribution in [3.05, 3.63) is 148 Å². The van der Waals surface area contributed by atoms with Gasteiger partial charge >= 0.3 is 5.51 Å². The molecular weight excluding hydrogens is 1270 g/mol. The third kappa shape index (κ3) is 16.2. The average molecular weight is 1340 g/mol. The number of hydrogen-bond acceptors (Lipinski definition) is 16. The minimum absolute atomic E-state index is 0.0123. The van der Waals surface area contributed by atoms with Gasteiger partial charge in [0.05, 0.1) is 21.7 Å². The van der Waals surface area contributed by atoms with Crippen molar-refractivity contribution >= 4 is 101 Å². The first-order valence-electron chi connectivity index (χ1n) is 30.9. The molecule has 4 aliphatic heterocycles. The summed E-state index contributed by atoms with van der Waals surface area (Å²) in [5.74, 6) is -3.17. The Hall–Kier alpha value is -7.29. The van der Waals surface area contributed by atoms with Gasteiger partial charge in [0.2, 0.25) is 17.7 Å². The van der Waals surface area contributed by atoms with Crippen LogP contribution in [0.25, 0.3) is 5.57 Å². The van der Waals surface area contributed by atoms with Crippen molar-refractivity contribution in [1.29, 1.82) is 0 Å². The molecule has 4 N–H and O–H groups in total. The molecule has 1 aliphatic carbocycles. The zero-order valence-corrected chi connectivity index (χ0v) is 54.4. The molecular formula is C66H75ClF3N9O10S3. The van der Waals surface area contributed by atoms with E-state index in [1.165, 1.54) is 46.7 Å². The first-order valence-corrected chi connectivity index (χ1v) is 35.3. The number of sulfone groups is 1. The topological polar surface area (TPSA) is 235 Å². The second-order valence-electron chi connectivity index (χ2n) is 24.7. The number of hydrogen-bond donors (Lipinski definition) is 4. The van der Waals surface area contributed by atoms with E-state index in [0.29, 0.717) is 101 Å². The SMILES string of the molecule is CC1(C)CCC(c2ccc(Cl)cc2)=C(CN2CCN(c3ccc(C(=O)NS(=O)(=O)c4ccc(NC(CCN5CCN(C(=O)CCCCCNc6cccc7c6C(=O)N(C6CCC(=O)NC6=O)C7=O)CC5)CSc5ccccc5)c(S(=O)(=O)C(F)(F)F)c4)cc3)CC2)C1. The second kappa shape index (κ2) is 28.9. The Bertz CT molecular complexity index is 3840. The lowest BCUT2D eigenvalue weighted by molar-refractivity contribution is -0.136. The quantitative estimate of drug-likeness (QED) is 0.0256. The van der Waals surface area contributed by atoms with Crippen LogP contribution in [0.3, 0.4) is 0 Å². The molecule has 5 aromatic carbocycles. The van der Waals surface area contributed by atoms with E-state index in [0.717, 1.165) is 66.5 Å². The molecule has 0 saturated carbocycles. The number of carbonyl (C=O) groups is 6. The fraction of sp³-hybridized carbons (Fsp3) is 0.424. The van der Waals surface area contributed by atoms with E-state index in [2.05, 4.69) is 56.6 Å². The highest BCUT2D eigenvalue weighted by atomic mass is 35.5. The number of alkyl halides is 3. The van der Waals surface area contributed by atoms with E-state index in [1.54, 1.807) is 29.2 Å². The Morgan fingerprint density at radius 3 is 2.17 bits per heavy atom. The van der Waals surface area contributed by atoms with Crippen LogP contribution in [0.5, 0.6) is 0 Å². The Morgan fingerprint density at radius 2 is 1.48 bits per heavy atom. The number of rotatable bonds is 24. The Labute approximate surface area is 543 Å². The number of piperidine rings is 1. The fourth-order valence-electron chi connectivity index (χ4n) is 12.5. The van der Waals surface area contributed by atoms with E-state index < -0.39 is 82.5 Å². The van der Waals surface area contributed by atoms with E-state index in [-0.39, 0.29) is 46.6 Å². The lowest BCUT2D eigenvalue weighted by Gasteiger charge is -2.39. The van der Waals surface area contributed by atoms with Gasteiger partial charge in [0.15, 0.2) is 0 Å². The van der Waals surface area contributed by atoms with Crippen LogP contribution < -0.4 is 25.6 Å². The number of halogens is 4. The zero-order chi connectivity index (χ0) is 65.5. The highest BCUT2D eigenvalue weighted by Crippen LogP contribution is 2.43. The van der Waals surface area contributed by atoms with E-state index in [1.807, 2.05) is 47.2 Å². The number of allylic oxidation sites excluding steroid dienone is 1. The summed E-state index contributed by atoms with van der Waals surface area (Å²) >= 11 is 7.61. The van der Waals surface area contributed by atoms with Gasteiger partial charge in [-0.2, -0.15) is 13.2 Å². The molecule has 0 spiro atoms. The minimum atomic E-state index is -6.17. The molecule has 4 heterocycles. The fourth-order valence-corrected chi connectivity index (χ4v) is 15.7. The van der Waals surface area contributed by atoms with Gasteiger partial charge in [-0.15, -0.1) is 11.8 Å². The summed E-state index contributed by atoms with van der Waals surface area (Å²) < 4.78 is 99.9. The predicted octanol–water partition coefficient (Wildman–Crippen LogP) is 9.72. The summed E-state index contributed by atoms with van der Waals surface area (Å²) in [6, 6.07) is 29.1. The molecule has 5 aromatic rings. The molecule has 10 rings (SSSR count). The van der Waals surface area contributed by atoms with Crippen LogP contribution in [0.15, 0.2) is 136 Å². The van der Waals surface area contributed by atoms with Gasteiger partial charge in [0.1, 0.15) is 10.9 Å². The Kier molecular flexibility index (Phi) is 21.3. The van der Waals surface area contributed by atoms with E-state index in [9.17, 15) is 58.8 Å². The van der Waals surface area contributed by atoms with Crippen LogP contribution in [-0.2, 0) is 34.2 Å². The van der Waals surface area contributed by atoms with Crippen LogP contribution in [0.4, 0.5) is 30.2 Å². The van der Waals surface area contributed by atoms with Crippen LogP contribution in [0.2, 0.25) is 5.02 Å². The van der Waals surface area contributed by atoms with Crippen LogP contribution in [-0.4, -0.2) is 167 Å². The molecule has 26 heteroatoms. The number of thioether (sulfide) groups is 1. The predicted molar refractivity (Wildman–Crippen MR) is 348 cm³/mol. The zero-order valence-electron chi connectivity index (χ0n) is 51.2. The highest BCUT2D eigenvalue weighted by Gasteiger charge is 2.49. The molecule has 2 unspecified atom stereocenters. The monoisotopic (exact) mass is 1340 g/mol. The van der Waals surface area contributed by atoms with Crippen molar-refractivity contribution in [3.8, 4) is 0 Å². The number of nitrogens with zero attached hydrogens (tertiary/aromatic N) is 5. The molecule has 0 radical (unpaired) electrons. The lowest BCUT2D eigenvalue weighted by atomic mass is 9.73. The largest absolute Gasteiger partial charge is 0.501 e. The number of unbranched alkanes of at least 4 members (excludes halogenated alkanes) is 2. The molecule has 490 valence electrons. The van der Waals surface area contributed by atoms with Crippen LogP contribution in [0.1, 0.15) is 115 Å². The van der Waals surface area contributed by atoms with E-state index in [4.69, 9.17) is 11.6 Å². The number of carbonyl (C=O) groups excluding carboxylic acids is 6. The normalized spacial score (nSPS) is 18.8. The van der Waals surface area contributed by atoms with Gasteiger partial charge in [-0.1, -0.05) is 73.8 Å². The smallest absolute Gasteiger partial charge is 0.384 e. The Morgan fingerprint density at radius 1 is 0.772 bits per heavy atom. The lowest BCUT2D eigenvalue weighted by Crippen LogP contribution is -2.54. The van der Waals surface area contributed by atoms with Crippen molar-refractivity contribution in [2.24, 2.45) is 5.41 Å². The Balaban J connectivity index is 0.715. The third-order valence-corrected chi connectivity index (χ3v) is 21.9. The summed E-state index contributed by atoms with van der Waals surface area (Å²) in [5, 5.41) is 9.13. The molecule has 0 aromatic heterocycles. The van der Waals surface area contributed by atoms with Gasteiger partial charge in [-0.3, -0.25) is 48.8 Å². The summed E-state index contributed by atoms with van der Waals surface area (Å²) in [5.41, 5.74) is -0.533. The van der Waals surface area contributed by atoms with Crippen LogP contribution >= 0.6 is 23.4 Å². The molecule has 0 bridgehead atoms. The maximum Gasteiger partial charge on any atom is 0.501 e. The number of fused-ring (bicyclic) bond motifs is 1. The average Bonchev–Trinajstić information content (AvgIpc) is 1.23. The number of nitrogens with one attached hydrogen (secondary N) is 4. The summed E-state index contributed by atoms with van der Waals surface area (Å²) in [6.07, 6.45) is 5.68. The number of sulfonamides is 1. The maximum atomic E-state index is 14.5. The highest BCUT2D eigenvalue weighted by molar-refractivity contribution is 7.99. The van der Waals surface area contributed by atoms with Crippen molar-refractivity contribution < 1.29 is 58.8 Å². The molecule has 2 atom stereocenters. The van der Waals surface area contributed by atoms with E-state index >= 15 is 0 Å². The standard InChI is InChI=1S/C66H75ClF3N9O10S3/c1-65(2)29-27-52(44-15-19-47(67)20-16-44)46(41-65)42-76-34-36-77(37-35-76)49-21-17-45(18-22-49)61(82)74-92(88,89)51-23-24-54(57(40-51)91(86,87)66(68,69)70)72-48(43-90-50-10-5-3-6-11-50)28-31-75-32-38-78(39-33-75)59(81)14-7-4-8-30-71-55-13-9-12-53-60(55)64(85)79(63(53)84)56-25-26-58(80)73-62(56)83/h3,5-6,9-13,15-24,40,48,56,71-72H,4,7-8,14,25-39,41-43H2,1-2H3,(H,74,82)(H,73,80,83). The van der Waals surface area contributed by atoms with Gasteiger partial charge < -0.3 is 20.4 Å². The number of benzene rings is 5. The number of piperazine rings is 2. The molecule has 3 fully saturated rings. The first-order chi connectivity index (χ1) is 43.8. The molecule has 5 aliphatic rings. The second-order valence-corrected chi connectivity index (χ2v) is 29.8. The van der Waals surface area contributed by atoms with Gasteiger partial charge in [-0.05, 0) is 140 Å². The third-order valence-electron chi connectivity index (χ3n) is 17.7. The van der Waals surface area contributed by atoms with Gasteiger partial charge in [0.25, 0.3) is 37.6 Å². The molecule has 3 saturated heterocycles. The number of amides is 6. The van der Waals surface area contributed by atoms with Crippen molar-refractivity contribution in [2.75, 3.05) is 93.3 Å². The first kappa shape index (κ1) is 67.6. The number of imide groups is 2. The number of anilines is 3. The maximum absolute atomic E-state index is 14.5. The minimum Gasteiger partial charge on any atom is -0.384 e. The van der Waals surface area contributed by atoms with Crippen molar-refractivity contribution in [2.45, 2.75) is 110 Å². The molecule has 92 heavy (non-hydrogen) atoms. The summed E-state index contributed by atoms with van der Waals surface area (Å²) in [4.78, 5) is 85.9. The van der Waals surface area contributed by atoms with Gasteiger partial charge in [-0.25, -0.2) is 21.6 Å². The summed E-state index contributed by atoms with van der Waals surface area (Å²) in [6.45, 7) is 11.2. The van der Waals surface area contributed by atoms with Crippen molar-refractivity contribution in [3.63, 3.8) is 0 Å². The molecule has 19 nitrogen and oxygen atoms in total.